The Morgan fingerprint density at radius 2 is 2.10 bits per heavy atom. The second-order valence-corrected chi connectivity index (χ2v) is 6.92. The second kappa shape index (κ2) is 7.20. The highest BCUT2D eigenvalue weighted by Crippen LogP contribution is 2.19. The molecule has 0 bridgehead atoms. The summed E-state index contributed by atoms with van der Waals surface area (Å²) in [6.07, 6.45) is 0. The topological polar surface area (TPSA) is 85.2 Å². The summed E-state index contributed by atoms with van der Waals surface area (Å²) in [5.41, 5.74) is 0.154. The van der Waals surface area contributed by atoms with Crippen molar-refractivity contribution in [3.05, 3.63) is 28.8 Å². The lowest BCUT2D eigenvalue weighted by atomic mass is 10.2. The molecule has 0 aromatic heterocycles. The van der Waals surface area contributed by atoms with Gasteiger partial charge < -0.3 is 5.32 Å². The van der Waals surface area contributed by atoms with Crippen molar-refractivity contribution in [2.24, 2.45) is 0 Å². The minimum atomic E-state index is -3.61. The Bertz CT molecular complexity index is 636. The molecule has 0 saturated carbocycles. The van der Waals surface area contributed by atoms with E-state index in [4.69, 9.17) is 16.9 Å². The first-order valence-corrected chi connectivity index (χ1v) is 8.51. The molecule has 1 saturated heterocycles. The van der Waals surface area contributed by atoms with Gasteiger partial charge in [-0.25, -0.2) is 13.1 Å². The Hall–Kier alpha value is -1.17. The number of sulfonamides is 1. The molecular weight excluding hydrogens is 312 g/mol. The monoisotopic (exact) mass is 328 g/mol. The van der Waals surface area contributed by atoms with Crippen molar-refractivity contribution in [2.45, 2.75) is 4.90 Å². The van der Waals surface area contributed by atoms with E-state index < -0.39 is 10.0 Å². The smallest absolute Gasteiger partial charge is 0.240 e. The molecule has 0 atom stereocenters. The number of halogens is 1. The molecule has 2 N–H and O–H groups in total. The molecular formula is C13H17ClN4O2S. The number of nitriles is 1. The SMILES string of the molecule is N#Cc1cc(S(=O)(=O)NCCN2CCNCC2)ccc1Cl. The molecule has 21 heavy (non-hydrogen) atoms. The van der Waals surface area contributed by atoms with Crippen LogP contribution in [0.25, 0.3) is 0 Å². The molecule has 1 aromatic carbocycles. The third kappa shape index (κ3) is 4.40. The summed E-state index contributed by atoms with van der Waals surface area (Å²) in [6.45, 7) is 4.69. The maximum Gasteiger partial charge on any atom is 0.240 e. The molecule has 0 unspecified atom stereocenters. The van der Waals surface area contributed by atoms with Crippen LogP contribution < -0.4 is 10.0 Å². The average molecular weight is 329 g/mol. The number of nitrogens with zero attached hydrogens (tertiary/aromatic N) is 2. The van der Waals surface area contributed by atoms with E-state index in [-0.39, 0.29) is 15.5 Å². The summed E-state index contributed by atoms with van der Waals surface area (Å²) in [4.78, 5) is 2.26. The van der Waals surface area contributed by atoms with Gasteiger partial charge in [-0.3, -0.25) is 4.90 Å². The summed E-state index contributed by atoms with van der Waals surface area (Å²) in [5.74, 6) is 0. The standard InChI is InChI=1S/C13H17ClN4O2S/c14-13-2-1-12(9-11(13)10-15)21(19,20)17-5-8-18-6-3-16-4-7-18/h1-2,9,16-17H,3-8H2. The number of piperazine rings is 1. The maximum absolute atomic E-state index is 12.2. The molecule has 1 aromatic rings. The van der Waals surface area contributed by atoms with E-state index >= 15 is 0 Å². The van der Waals surface area contributed by atoms with E-state index in [9.17, 15) is 8.42 Å². The molecule has 1 aliphatic rings. The molecule has 114 valence electrons. The molecule has 0 aliphatic carbocycles. The van der Waals surface area contributed by atoms with E-state index in [0.29, 0.717) is 13.1 Å². The molecule has 0 spiro atoms. The van der Waals surface area contributed by atoms with Crippen LogP contribution in [0.1, 0.15) is 5.56 Å². The first-order chi connectivity index (χ1) is 10.0. The van der Waals surface area contributed by atoms with Crippen LogP contribution in [-0.4, -0.2) is 52.6 Å². The molecule has 2 rings (SSSR count). The van der Waals surface area contributed by atoms with Gasteiger partial charge in [0.1, 0.15) is 6.07 Å². The van der Waals surface area contributed by atoms with Gasteiger partial charge in [-0.15, -0.1) is 0 Å². The highest BCUT2D eigenvalue weighted by molar-refractivity contribution is 7.89. The second-order valence-electron chi connectivity index (χ2n) is 4.74. The van der Waals surface area contributed by atoms with Crippen molar-refractivity contribution < 1.29 is 8.42 Å². The van der Waals surface area contributed by atoms with Crippen LogP contribution in [0.5, 0.6) is 0 Å². The minimum Gasteiger partial charge on any atom is -0.314 e. The lowest BCUT2D eigenvalue weighted by Crippen LogP contribution is -2.46. The zero-order valence-electron chi connectivity index (χ0n) is 11.5. The van der Waals surface area contributed by atoms with Crippen molar-refractivity contribution in [1.29, 1.82) is 5.26 Å². The summed E-state index contributed by atoms with van der Waals surface area (Å²) in [6, 6.07) is 5.98. The van der Waals surface area contributed by atoms with E-state index in [0.717, 1.165) is 26.2 Å². The third-order valence-electron chi connectivity index (χ3n) is 3.30. The van der Waals surface area contributed by atoms with E-state index in [2.05, 4.69) is 14.9 Å². The Balaban J connectivity index is 1.96. The third-order valence-corrected chi connectivity index (χ3v) is 5.09. The van der Waals surface area contributed by atoms with Crippen molar-refractivity contribution in [2.75, 3.05) is 39.3 Å². The van der Waals surface area contributed by atoms with E-state index in [1.54, 1.807) is 0 Å². The van der Waals surface area contributed by atoms with Gasteiger partial charge in [-0.2, -0.15) is 5.26 Å². The van der Waals surface area contributed by atoms with Crippen molar-refractivity contribution in [3.8, 4) is 6.07 Å². The van der Waals surface area contributed by atoms with Gasteiger partial charge in [-0.05, 0) is 18.2 Å². The lowest BCUT2D eigenvalue weighted by molar-refractivity contribution is 0.245. The van der Waals surface area contributed by atoms with Crippen LogP contribution in [-0.2, 0) is 10.0 Å². The summed E-state index contributed by atoms with van der Waals surface area (Å²) >= 11 is 5.80. The fourth-order valence-electron chi connectivity index (χ4n) is 2.11. The molecule has 0 radical (unpaired) electrons. The van der Waals surface area contributed by atoms with E-state index in [1.807, 2.05) is 6.07 Å². The van der Waals surface area contributed by atoms with Gasteiger partial charge >= 0.3 is 0 Å². The fraction of sp³-hybridized carbons (Fsp3) is 0.462. The summed E-state index contributed by atoms with van der Waals surface area (Å²) in [5, 5.41) is 12.4. The summed E-state index contributed by atoms with van der Waals surface area (Å²) < 4.78 is 26.9. The summed E-state index contributed by atoms with van der Waals surface area (Å²) in [7, 11) is -3.61. The predicted octanol–water partition coefficient (Wildman–Crippen LogP) is 0.395. The van der Waals surface area contributed by atoms with Gasteiger partial charge in [0.25, 0.3) is 0 Å². The Labute approximate surface area is 129 Å². The van der Waals surface area contributed by atoms with Crippen LogP contribution in [0, 0.1) is 11.3 Å². The number of hydrogen-bond donors (Lipinski definition) is 2. The molecule has 1 aliphatic heterocycles. The number of rotatable bonds is 5. The first-order valence-electron chi connectivity index (χ1n) is 6.65. The van der Waals surface area contributed by atoms with Crippen molar-refractivity contribution in [3.63, 3.8) is 0 Å². The highest BCUT2D eigenvalue weighted by atomic mass is 35.5. The molecule has 1 heterocycles. The van der Waals surface area contributed by atoms with Crippen LogP contribution >= 0.6 is 11.6 Å². The van der Waals surface area contributed by atoms with Gasteiger partial charge in [-0.1, -0.05) is 11.6 Å². The Morgan fingerprint density at radius 3 is 2.76 bits per heavy atom. The molecule has 0 amide bonds. The average Bonchev–Trinajstić information content (AvgIpc) is 2.48. The van der Waals surface area contributed by atoms with Crippen molar-refractivity contribution >= 4 is 21.6 Å². The quantitative estimate of drug-likeness (QED) is 0.817. The van der Waals surface area contributed by atoms with Crippen LogP contribution in [0.3, 0.4) is 0 Å². The van der Waals surface area contributed by atoms with Crippen molar-refractivity contribution in [1.82, 2.24) is 14.9 Å². The lowest BCUT2D eigenvalue weighted by Gasteiger charge is -2.27. The predicted molar refractivity (Wildman–Crippen MR) is 80.7 cm³/mol. The largest absolute Gasteiger partial charge is 0.314 e. The van der Waals surface area contributed by atoms with Gasteiger partial charge in [0, 0.05) is 39.3 Å². The zero-order valence-corrected chi connectivity index (χ0v) is 13.0. The van der Waals surface area contributed by atoms with Gasteiger partial charge in [0.15, 0.2) is 0 Å². The molecule has 1 fully saturated rings. The van der Waals surface area contributed by atoms with Gasteiger partial charge in [0.2, 0.25) is 10.0 Å². The first kappa shape index (κ1) is 16.2. The maximum atomic E-state index is 12.2. The number of benzene rings is 1. The number of hydrogen-bond acceptors (Lipinski definition) is 5. The fourth-order valence-corrected chi connectivity index (χ4v) is 3.32. The van der Waals surface area contributed by atoms with E-state index in [1.165, 1.54) is 18.2 Å². The molecule has 6 nitrogen and oxygen atoms in total. The number of nitrogens with one attached hydrogen (secondary N) is 2. The zero-order chi connectivity index (χ0) is 15.3. The highest BCUT2D eigenvalue weighted by Gasteiger charge is 2.16. The minimum absolute atomic E-state index is 0.0590. The van der Waals surface area contributed by atoms with Crippen LogP contribution in [0.2, 0.25) is 5.02 Å². The Kier molecular flexibility index (Phi) is 5.56. The van der Waals surface area contributed by atoms with Crippen LogP contribution in [0.15, 0.2) is 23.1 Å². The molecule has 8 heteroatoms. The van der Waals surface area contributed by atoms with Gasteiger partial charge in [0.05, 0.1) is 15.5 Å². The van der Waals surface area contributed by atoms with Crippen LogP contribution in [0.4, 0.5) is 0 Å². The Morgan fingerprint density at radius 1 is 1.38 bits per heavy atom. The normalized spacial score (nSPS) is 16.6.